The molecule has 2 aromatic rings. The molecule has 0 fully saturated rings. The van der Waals surface area contributed by atoms with E-state index in [1.165, 1.54) is 0 Å². The lowest BCUT2D eigenvalue weighted by Crippen LogP contribution is -2.15. The van der Waals surface area contributed by atoms with Crippen LogP contribution in [0.25, 0.3) is 0 Å². The molecular formula is C15H15BrN2O. The molecule has 0 aliphatic heterocycles. The van der Waals surface area contributed by atoms with Gasteiger partial charge in [-0.05, 0) is 53.0 Å². The summed E-state index contributed by atoms with van der Waals surface area (Å²) in [6.07, 6.45) is 0. The molecule has 3 N–H and O–H groups in total. The van der Waals surface area contributed by atoms with Gasteiger partial charge in [-0.1, -0.05) is 24.3 Å². The summed E-state index contributed by atoms with van der Waals surface area (Å²) in [7, 11) is 0. The van der Waals surface area contributed by atoms with Crippen LogP contribution in [0.2, 0.25) is 0 Å². The van der Waals surface area contributed by atoms with Gasteiger partial charge in [-0.25, -0.2) is 0 Å². The van der Waals surface area contributed by atoms with Gasteiger partial charge in [0.05, 0.1) is 11.3 Å². The topological polar surface area (TPSA) is 55.1 Å². The Kier molecular flexibility index (Phi) is 3.90. The molecule has 98 valence electrons. The van der Waals surface area contributed by atoms with E-state index in [1.54, 1.807) is 6.07 Å². The lowest BCUT2D eigenvalue weighted by molar-refractivity contribution is 0.102. The molecule has 4 heteroatoms. The SMILES string of the molecule is Cc1cccc(C(=O)Nc2cccc(C)c2Br)c1N. The largest absolute Gasteiger partial charge is 0.398 e. The number of nitrogens with one attached hydrogen (secondary N) is 1. The first kappa shape index (κ1) is 13.6. The van der Waals surface area contributed by atoms with Gasteiger partial charge in [0.2, 0.25) is 0 Å². The predicted octanol–water partition coefficient (Wildman–Crippen LogP) is 3.90. The average Bonchev–Trinajstić information content (AvgIpc) is 2.38. The van der Waals surface area contributed by atoms with E-state index in [0.29, 0.717) is 11.3 Å². The van der Waals surface area contributed by atoms with Gasteiger partial charge >= 0.3 is 0 Å². The van der Waals surface area contributed by atoms with Gasteiger partial charge in [-0.15, -0.1) is 0 Å². The number of rotatable bonds is 2. The number of hydrogen-bond donors (Lipinski definition) is 2. The summed E-state index contributed by atoms with van der Waals surface area (Å²) in [5.41, 5.74) is 9.65. The highest BCUT2D eigenvalue weighted by atomic mass is 79.9. The number of aryl methyl sites for hydroxylation is 2. The van der Waals surface area contributed by atoms with E-state index in [0.717, 1.165) is 21.3 Å². The maximum atomic E-state index is 12.2. The lowest BCUT2D eigenvalue weighted by Gasteiger charge is -2.11. The van der Waals surface area contributed by atoms with Gasteiger partial charge < -0.3 is 11.1 Å². The fourth-order valence-corrected chi connectivity index (χ4v) is 2.18. The zero-order valence-electron chi connectivity index (χ0n) is 10.8. The number of amides is 1. The van der Waals surface area contributed by atoms with Gasteiger partial charge in [-0.2, -0.15) is 0 Å². The summed E-state index contributed by atoms with van der Waals surface area (Å²) in [5.74, 6) is -0.201. The first-order valence-electron chi connectivity index (χ1n) is 5.92. The Labute approximate surface area is 121 Å². The quantitative estimate of drug-likeness (QED) is 0.825. The Morgan fingerprint density at radius 2 is 1.74 bits per heavy atom. The Morgan fingerprint density at radius 3 is 2.47 bits per heavy atom. The van der Waals surface area contributed by atoms with Crippen molar-refractivity contribution in [3.63, 3.8) is 0 Å². The van der Waals surface area contributed by atoms with Crippen molar-refractivity contribution < 1.29 is 4.79 Å². The monoisotopic (exact) mass is 318 g/mol. The number of benzene rings is 2. The number of carbonyl (C=O) groups is 1. The van der Waals surface area contributed by atoms with Crippen LogP contribution in [0.5, 0.6) is 0 Å². The molecule has 2 aromatic carbocycles. The highest BCUT2D eigenvalue weighted by Gasteiger charge is 2.12. The van der Waals surface area contributed by atoms with Crippen LogP contribution >= 0.6 is 15.9 Å². The number of anilines is 2. The standard InChI is InChI=1S/C15H15BrN2O/c1-9-5-4-8-12(13(9)16)18-15(19)11-7-3-6-10(2)14(11)17/h3-8H,17H2,1-2H3,(H,18,19). The van der Waals surface area contributed by atoms with E-state index in [-0.39, 0.29) is 5.91 Å². The van der Waals surface area contributed by atoms with Crippen LogP contribution in [-0.2, 0) is 0 Å². The molecular weight excluding hydrogens is 304 g/mol. The van der Waals surface area contributed by atoms with Crippen LogP contribution in [-0.4, -0.2) is 5.91 Å². The van der Waals surface area contributed by atoms with Gasteiger partial charge in [0.25, 0.3) is 5.91 Å². The molecule has 2 rings (SSSR count). The molecule has 0 unspecified atom stereocenters. The van der Waals surface area contributed by atoms with Crippen molar-refractivity contribution in [2.24, 2.45) is 0 Å². The fraction of sp³-hybridized carbons (Fsp3) is 0.133. The van der Waals surface area contributed by atoms with Crippen molar-refractivity contribution in [1.82, 2.24) is 0 Å². The van der Waals surface area contributed by atoms with E-state index in [2.05, 4.69) is 21.2 Å². The highest BCUT2D eigenvalue weighted by Crippen LogP contribution is 2.27. The number of nitrogens with two attached hydrogens (primary N) is 1. The second-order valence-corrected chi connectivity index (χ2v) is 5.22. The zero-order valence-corrected chi connectivity index (χ0v) is 12.4. The Hall–Kier alpha value is -1.81. The van der Waals surface area contributed by atoms with Crippen molar-refractivity contribution in [3.05, 3.63) is 57.6 Å². The molecule has 1 amide bonds. The van der Waals surface area contributed by atoms with Gasteiger partial charge in [0, 0.05) is 10.2 Å². The van der Waals surface area contributed by atoms with Gasteiger partial charge in [0.1, 0.15) is 0 Å². The highest BCUT2D eigenvalue weighted by molar-refractivity contribution is 9.10. The molecule has 0 radical (unpaired) electrons. The Balaban J connectivity index is 2.31. The van der Waals surface area contributed by atoms with Crippen molar-refractivity contribution >= 4 is 33.2 Å². The van der Waals surface area contributed by atoms with Gasteiger partial charge in [-0.3, -0.25) is 4.79 Å². The summed E-state index contributed by atoms with van der Waals surface area (Å²) in [6, 6.07) is 11.2. The summed E-state index contributed by atoms with van der Waals surface area (Å²) in [5, 5.41) is 2.87. The van der Waals surface area contributed by atoms with Crippen LogP contribution in [0.1, 0.15) is 21.5 Å². The molecule has 0 spiro atoms. The van der Waals surface area contributed by atoms with Crippen molar-refractivity contribution in [3.8, 4) is 0 Å². The van der Waals surface area contributed by atoms with Crippen LogP contribution < -0.4 is 11.1 Å². The first-order chi connectivity index (χ1) is 9.00. The fourth-order valence-electron chi connectivity index (χ4n) is 1.81. The molecule has 0 saturated carbocycles. The summed E-state index contributed by atoms with van der Waals surface area (Å²) < 4.78 is 0.884. The second kappa shape index (κ2) is 5.45. The predicted molar refractivity (Wildman–Crippen MR) is 82.4 cm³/mol. The molecule has 0 aromatic heterocycles. The number of nitrogen functional groups attached to an aromatic ring is 1. The van der Waals surface area contributed by atoms with Crippen molar-refractivity contribution in [2.45, 2.75) is 13.8 Å². The molecule has 0 heterocycles. The summed E-state index contributed by atoms with van der Waals surface area (Å²) in [4.78, 5) is 12.2. The zero-order chi connectivity index (χ0) is 14.0. The maximum absolute atomic E-state index is 12.2. The number of carbonyl (C=O) groups excluding carboxylic acids is 1. The minimum Gasteiger partial charge on any atom is -0.398 e. The molecule has 0 bridgehead atoms. The smallest absolute Gasteiger partial charge is 0.257 e. The van der Waals surface area contributed by atoms with Crippen LogP contribution in [0.15, 0.2) is 40.9 Å². The second-order valence-electron chi connectivity index (χ2n) is 4.43. The molecule has 0 atom stereocenters. The number of hydrogen-bond acceptors (Lipinski definition) is 2. The molecule has 3 nitrogen and oxygen atoms in total. The van der Waals surface area contributed by atoms with E-state index in [4.69, 9.17) is 5.73 Å². The number of halogens is 1. The van der Waals surface area contributed by atoms with E-state index in [1.807, 2.05) is 44.2 Å². The normalized spacial score (nSPS) is 10.3. The maximum Gasteiger partial charge on any atom is 0.257 e. The molecule has 19 heavy (non-hydrogen) atoms. The third-order valence-electron chi connectivity index (χ3n) is 3.01. The average molecular weight is 319 g/mol. The van der Waals surface area contributed by atoms with Crippen molar-refractivity contribution in [2.75, 3.05) is 11.1 Å². The minimum absolute atomic E-state index is 0.201. The molecule has 0 saturated heterocycles. The van der Waals surface area contributed by atoms with E-state index >= 15 is 0 Å². The Bertz CT molecular complexity index is 638. The third kappa shape index (κ3) is 2.79. The lowest BCUT2D eigenvalue weighted by atomic mass is 10.1. The van der Waals surface area contributed by atoms with Crippen LogP contribution in [0.4, 0.5) is 11.4 Å². The number of para-hydroxylation sites is 1. The molecule has 0 aliphatic rings. The molecule has 0 aliphatic carbocycles. The van der Waals surface area contributed by atoms with Crippen LogP contribution in [0.3, 0.4) is 0 Å². The summed E-state index contributed by atoms with van der Waals surface area (Å²) >= 11 is 3.47. The third-order valence-corrected chi connectivity index (χ3v) is 4.06. The van der Waals surface area contributed by atoms with E-state index in [9.17, 15) is 4.79 Å². The van der Waals surface area contributed by atoms with Crippen LogP contribution in [0, 0.1) is 13.8 Å². The van der Waals surface area contributed by atoms with Crippen molar-refractivity contribution in [1.29, 1.82) is 0 Å². The summed E-state index contributed by atoms with van der Waals surface area (Å²) in [6.45, 7) is 3.86. The van der Waals surface area contributed by atoms with E-state index < -0.39 is 0 Å². The Morgan fingerprint density at radius 1 is 1.11 bits per heavy atom. The van der Waals surface area contributed by atoms with Gasteiger partial charge in [0.15, 0.2) is 0 Å². The minimum atomic E-state index is -0.201. The first-order valence-corrected chi connectivity index (χ1v) is 6.71.